The average Bonchev–Trinajstić information content (AvgIpc) is 2.34. The summed E-state index contributed by atoms with van der Waals surface area (Å²) in [6.07, 6.45) is 0. The Morgan fingerprint density at radius 3 is 2.00 bits per heavy atom. The molecule has 0 bridgehead atoms. The summed E-state index contributed by atoms with van der Waals surface area (Å²) in [5.74, 6) is -3.82. The Balaban J connectivity index is 2.90. The van der Waals surface area contributed by atoms with Crippen molar-refractivity contribution in [1.29, 1.82) is 0 Å². The molecule has 0 radical (unpaired) electrons. The second-order valence-corrected chi connectivity index (χ2v) is 4.83. The minimum atomic E-state index is -1.45. The number of hydrogen-bond acceptors (Lipinski definition) is 3. The summed E-state index contributed by atoms with van der Waals surface area (Å²) >= 11 is 0. The van der Waals surface area contributed by atoms with Gasteiger partial charge in [0.15, 0.2) is 17.5 Å². The molecule has 1 rings (SSSR count). The molecule has 0 saturated heterocycles. The topological polar surface area (TPSA) is 32.5 Å². The Kier molecular flexibility index (Phi) is 5.78. The van der Waals surface area contributed by atoms with Crippen molar-refractivity contribution in [3.8, 4) is 0 Å². The highest BCUT2D eigenvalue weighted by Crippen LogP contribution is 2.22. The third-order valence-corrected chi connectivity index (χ3v) is 3.05. The molecule has 0 aromatic heterocycles. The van der Waals surface area contributed by atoms with Gasteiger partial charge in [-0.25, -0.2) is 13.2 Å². The van der Waals surface area contributed by atoms with Crippen molar-refractivity contribution in [2.75, 3.05) is 40.8 Å². The Hall–Kier alpha value is -1.11. The highest BCUT2D eigenvalue weighted by atomic mass is 19.2. The van der Waals surface area contributed by atoms with E-state index in [9.17, 15) is 13.2 Å². The molecule has 2 N–H and O–H groups in total. The molecule has 0 amide bonds. The number of nitrogens with two attached hydrogens (primary N) is 1. The van der Waals surface area contributed by atoms with Gasteiger partial charge in [0.2, 0.25) is 0 Å². The highest BCUT2D eigenvalue weighted by molar-refractivity contribution is 5.23. The summed E-state index contributed by atoms with van der Waals surface area (Å²) in [7, 11) is 5.69. The SMILES string of the molecule is CN(C)CCN(C)C(CN)c1cc(F)c(F)c(F)c1. The molecule has 0 aliphatic heterocycles. The highest BCUT2D eigenvalue weighted by Gasteiger charge is 2.19. The number of likely N-dealkylation sites (N-methyl/N-ethyl adjacent to an activating group) is 2. The number of nitrogens with zero attached hydrogens (tertiary/aromatic N) is 2. The molecule has 0 fully saturated rings. The van der Waals surface area contributed by atoms with Gasteiger partial charge in [-0.2, -0.15) is 0 Å². The van der Waals surface area contributed by atoms with Crippen LogP contribution in [0.15, 0.2) is 12.1 Å². The maximum absolute atomic E-state index is 13.2. The van der Waals surface area contributed by atoms with Crippen LogP contribution in [0.1, 0.15) is 11.6 Å². The van der Waals surface area contributed by atoms with E-state index in [1.54, 1.807) is 0 Å². The van der Waals surface area contributed by atoms with Crippen molar-refractivity contribution < 1.29 is 13.2 Å². The van der Waals surface area contributed by atoms with Crippen LogP contribution in [0.3, 0.4) is 0 Å². The Morgan fingerprint density at radius 1 is 1.05 bits per heavy atom. The Labute approximate surface area is 111 Å². The summed E-state index contributed by atoms with van der Waals surface area (Å²) in [4.78, 5) is 3.89. The first-order valence-corrected chi connectivity index (χ1v) is 6.06. The molecule has 1 atom stereocenters. The molecular weight excluding hydrogens is 255 g/mol. The van der Waals surface area contributed by atoms with Gasteiger partial charge in [-0.3, -0.25) is 4.90 Å². The van der Waals surface area contributed by atoms with Crippen molar-refractivity contribution in [3.63, 3.8) is 0 Å². The molecule has 0 spiro atoms. The van der Waals surface area contributed by atoms with Crippen molar-refractivity contribution in [1.82, 2.24) is 9.80 Å². The van der Waals surface area contributed by atoms with Gasteiger partial charge in [0.1, 0.15) is 0 Å². The lowest BCUT2D eigenvalue weighted by atomic mass is 10.0. The van der Waals surface area contributed by atoms with Gasteiger partial charge >= 0.3 is 0 Å². The number of rotatable bonds is 6. The zero-order chi connectivity index (χ0) is 14.6. The molecule has 1 unspecified atom stereocenters. The minimum absolute atomic E-state index is 0.203. The van der Waals surface area contributed by atoms with Crippen LogP contribution < -0.4 is 5.73 Å². The lowest BCUT2D eigenvalue weighted by molar-refractivity contribution is 0.221. The zero-order valence-corrected chi connectivity index (χ0v) is 11.5. The molecule has 0 heterocycles. The third kappa shape index (κ3) is 4.19. The monoisotopic (exact) mass is 275 g/mol. The standard InChI is InChI=1S/C13H20F3N3/c1-18(2)4-5-19(3)12(8-17)9-6-10(14)13(16)11(15)7-9/h6-7,12H,4-5,8,17H2,1-3H3. The van der Waals surface area contributed by atoms with Gasteiger partial charge in [-0.15, -0.1) is 0 Å². The molecule has 108 valence electrons. The summed E-state index contributed by atoms with van der Waals surface area (Å²) in [6.45, 7) is 1.68. The van der Waals surface area contributed by atoms with E-state index in [0.717, 1.165) is 18.7 Å². The first kappa shape index (κ1) is 15.9. The normalized spacial score (nSPS) is 13.3. The fraction of sp³-hybridized carbons (Fsp3) is 0.538. The van der Waals surface area contributed by atoms with Crippen molar-refractivity contribution >= 4 is 0 Å². The van der Waals surface area contributed by atoms with Gasteiger partial charge in [-0.1, -0.05) is 0 Å². The second-order valence-electron chi connectivity index (χ2n) is 4.83. The minimum Gasteiger partial charge on any atom is -0.329 e. The van der Waals surface area contributed by atoms with E-state index in [-0.39, 0.29) is 12.6 Å². The molecule has 0 aliphatic carbocycles. The lowest BCUT2D eigenvalue weighted by Crippen LogP contribution is -2.35. The lowest BCUT2D eigenvalue weighted by Gasteiger charge is -2.28. The predicted octanol–water partition coefficient (Wildman–Crippen LogP) is 1.60. The van der Waals surface area contributed by atoms with Crippen molar-refractivity contribution in [2.45, 2.75) is 6.04 Å². The largest absolute Gasteiger partial charge is 0.329 e. The fourth-order valence-electron chi connectivity index (χ4n) is 1.85. The maximum atomic E-state index is 13.2. The number of halogens is 3. The Bertz CT molecular complexity index is 401. The van der Waals surface area contributed by atoms with Crippen LogP contribution in [-0.4, -0.2) is 50.6 Å². The molecule has 3 nitrogen and oxygen atoms in total. The van der Waals surface area contributed by atoms with Gasteiger partial charge in [0.05, 0.1) is 0 Å². The zero-order valence-electron chi connectivity index (χ0n) is 11.5. The number of benzene rings is 1. The maximum Gasteiger partial charge on any atom is 0.194 e. The first-order chi connectivity index (χ1) is 8.86. The van der Waals surface area contributed by atoms with Crippen molar-refractivity contribution in [2.24, 2.45) is 5.73 Å². The molecule has 0 saturated carbocycles. The van der Waals surface area contributed by atoms with Gasteiger partial charge in [-0.05, 0) is 38.8 Å². The van der Waals surface area contributed by atoms with Crippen LogP contribution in [0.2, 0.25) is 0 Å². The van der Waals surface area contributed by atoms with E-state index < -0.39 is 17.5 Å². The van der Waals surface area contributed by atoms with Crippen LogP contribution >= 0.6 is 0 Å². The molecule has 19 heavy (non-hydrogen) atoms. The molecule has 1 aromatic rings. The first-order valence-electron chi connectivity index (χ1n) is 6.06. The predicted molar refractivity (Wildman–Crippen MR) is 69.3 cm³/mol. The molecule has 6 heteroatoms. The van der Waals surface area contributed by atoms with Gasteiger partial charge in [0.25, 0.3) is 0 Å². The van der Waals surface area contributed by atoms with E-state index in [1.807, 2.05) is 30.9 Å². The smallest absolute Gasteiger partial charge is 0.194 e. The Morgan fingerprint density at radius 2 is 1.58 bits per heavy atom. The molecule has 0 aliphatic rings. The number of hydrogen-bond donors (Lipinski definition) is 1. The fourth-order valence-corrected chi connectivity index (χ4v) is 1.85. The quantitative estimate of drug-likeness (QED) is 0.800. The average molecular weight is 275 g/mol. The van der Waals surface area contributed by atoms with Crippen LogP contribution in [0.4, 0.5) is 13.2 Å². The van der Waals surface area contributed by atoms with Crippen LogP contribution in [-0.2, 0) is 0 Å². The summed E-state index contributed by atoms with van der Waals surface area (Å²) < 4.78 is 39.4. The van der Waals surface area contributed by atoms with Crippen LogP contribution in [0.25, 0.3) is 0 Å². The molecule has 1 aromatic carbocycles. The summed E-state index contributed by atoms with van der Waals surface area (Å²) in [6, 6.07) is 1.66. The van der Waals surface area contributed by atoms with Gasteiger partial charge in [0, 0.05) is 25.7 Å². The second kappa shape index (κ2) is 6.88. The van der Waals surface area contributed by atoms with E-state index >= 15 is 0 Å². The van der Waals surface area contributed by atoms with E-state index in [0.29, 0.717) is 12.1 Å². The third-order valence-electron chi connectivity index (χ3n) is 3.05. The van der Waals surface area contributed by atoms with E-state index in [1.165, 1.54) is 0 Å². The van der Waals surface area contributed by atoms with Crippen molar-refractivity contribution in [3.05, 3.63) is 35.1 Å². The van der Waals surface area contributed by atoms with Gasteiger partial charge < -0.3 is 10.6 Å². The molecular formula is C13H20F3N3. The van der Waals surface area contributed by atoms with E-state index in [4.69, 9.17) is 5.73 Å². The van der Waals surface area contributed by atoms with Crippen LogP contribution in [0.5, 0.6) is 0 Å². The van der Waals surface area contributed by atoms with Crippen LogP contribution in [0, 0.1) is 17.5 Å². The summed E-state index contributed by atoms with van der Waals surface area (Å²) in [5, 5.41) is 0. The van der Waals surface area contributed by atoms with E-state index in [2.05, 4.69) is 0 Å². The summed E-state index contributed by atoms with van der Waals surface area (Å²) in [5.41, 5.74) is 6.00.